The molecule has 7 nitrogen and oxygen atoms in total. The highest BCUT2D eigenvalue weighted by Gasteiger charge is 2.18. The number of nitriles is 1. The highest BCUT2D eigenvalue weighted by Crippen LogP contribution is 2.29. The van der Waals surface area contributed by atoms with Crippen LogP contribution in [0.2, 0.25) is 0 Å². The Morgan fingerprint density at radius 1 is 1.02 bits per heavy atom. The third kappa shape index (κ3) is 10.3. The molecule has 12 heteroatoms. The van der Waals surface area contributed by atoms with Crippen LogP contribution in [0, 0.1) is 28.8 Å². The van der Waals surface area contributed by atoms with Gasteiger partial charge in [0, 0.05) is 42.7 Å². The molecule has 42 heavy (non-hydrogen) atoms. The van der Waals surface area contributed by atoms with E-state index < -0.39 is 5.82 Å². The summed E-state index contributed by atoms with van der Waals surface area (Å²) in [5.41, 5.74) is 7.55. The molecular formula is C30H31Br2F3N2O5. The van der Waals surface area contributed by atoms with Gasteiger partial charge in [0.05, 0.1) is 28.2 Å². The fourth-order valence-electron chi connectivity index (χ4n) is 3.66. The summed E-state index contributed by atoms with van der Waals surface area (Å²) in [7, 11) is 0. The van der Waals surface area contributed by atoms with Crippen LogP contribution in [0.1, 0.15) is 30.5 Å². The van der Waals surface area contributed by atoms with Gasteiger partial charge in [0.2, 0.25) is 0 Å². The van der Waals surface area contributed by atoms with E-state index in [0.717, 1.165) is 23.1 Å². The Hall–Kier alpha value is -3.08. The van der Waals surface area contributed by atoms with E-state index >= 15 is 0 Å². The van der Waals surface area contributed by atoms with Crippen molar-refractivity contribution in [3.05, 3.63) is 93.4 Å². The van der Waals surface area contributed by atoms with E-state index in [1.165, 1.54) is 42.7 Å². The molecule has 0 atom stereocenters. The van der Waals surface area contributed by atoms with Crippen molar-refractivity contribution in [3.8, 4) is 17.6 Å². The van der Waals surface area contributed by atoms with Crippen molar-refractivity contribution in [2.45, 2.75) is 33.1 Å². The molecule has 226 valence electrons. The molecule has 0 aliphatic carbocycles. The number of furan rings is 1. The number of benzene rings is 3. The lowest BCUT2D eigenvalue weighted by atomic mass is 10.0. The molecule has 0 bridgehead atoms. The summed E-state index contributed by atoms with van der Waals surface area (Å²) in [6, 6.07) is 13.0. The van der Waals surface area contributed by atoms with E-state index in [9.17, 15) is 13.2 Å². The molecule has 3 N–H and O–H groups in total. The van der Waals surface area contributed by atoms with Crippen molar-refractivity contribution in [2.24, 2.45) is 5.73 Å². The Morgan fingerprint density at radius 2 is 1.69 bits per heavy atom. The average molecular weight is 716 g/mol. The minimum Gasteiger partial charge on any atom is -0.508 e. The Balaban J connectivity index is 0.000000198. The molecular weight excluding hydrogens is 685 g/mol. The molecule has 1 aromatic heterocycles. The number of aromatic hydroxyl groups is 1. The van der Waals surface area contributed by atoms with Crippen LogP contribution < -0.4 is 10.5 Å². The largest absolute Gasteiger partial charge is 0.508 e. The Labute approximate surface area is 259 Å². The molecule has 0 radical (unpaired) electrons. The van der Waals surface area contributed by atoms with Gasteiger partial charge < -0.3 is 29.5 Å². The molecule has 5 rings (SSSR count). The average Bonchev–Trinajstić information content (AvgIpc) is 3.66. The van der Waals surface area contributed by atoms with Gasteiger partial charge >= 0.3 is 0 Å². The lowest BCUT2D eigenvalue weighted by Crippen LogP contribution is -2.18. The zero-order valence-electron chi connectivity index (χ0n) is 23.0. The van der Waals surface area contributed by atoms with Crippen molar-refractivity contribution >= 4 is 42.8 Å². The van der Waals surface area contributed by atoms with Crippen LogP contribution in [0.5, 0.6) is 11.5 Å². The monoisotopic (exact) mass is 714 g/mol. The van der Waals surface area contributed by atoms with Crippen molar-refractivity contribution < 1.29 is 36.9 Å². The van der Waals surface area contributed by atoms with E-state index in [0.29, 0.717) is 36.4 Å². The maximum Gasteiger partial charge on any atom is 0.167 e. The van der Waals surface area contributed by atoms with Gasteiger partial charge in [-0.15, -0.1) is 0 Å². The quantitative estimate of drug-likeness (QED) is 0.155. The Kier molecular flexibility index (Phi) is 15.4. The van der Waals surface area contributed by atoms with Crippen molar-refractivity contribution in [2.75, 3.05) is 25.2 Å². The summed E-state index contributed by atoms with van der Waals surface area (Å²) >= 11 is 6.18. The normalized spacial score (nSPS) is 11.2. The number of nitrogens with zero attached hydrogens (tertiary/aromatic N) is 1. The van der Waals surface area contributed by atoms with Gasteiger partial charge in [0.25, 0.3) is 0 Å². The summed E-state index contributed by atoms with van der Waals surface area (Å²) in [5.74, 6) is -0.249. The van der Waals surface area contributed by atoms with Gasteiger partial charge in [-0.05, 0) is 78.3 Å². The molecule has 4 aromatic rings. The Bertz CT molecular complexity index is 1460. The number of alkyl halides is 1. The number of phenols is 1. The number of hydrogen-bond donors (Lipinski definition) is 2. The van der Waals surface area contributed by atoms with Crippen molar-refractivity contribution in [1.82, 2.24) is 0 Å². The highest BCUT2D eigenvalue weighted by molar-refractivity contribution is 9.10. The molecule has 0 fully saturated rings. The maximum absolute atomic E-state index is 13.1. The lowest BCUT2D eigenvalue weighted by molar-refractivity contribution is -0.119. The third-order valence-corrected chi connectivity index (χ3v) is 6.71. The van der Waals surface area contributed by atoms with Gasteiger partial charge in [-0.2, -0.15) is 5.26 Å². The van der Waals surface area contributed by atoms with Gasteiger partial charge in [0.15, 0.2) is 6.29 Å². The van der Waals surface area contributed by atoms with Crippen LogP contribution in [0.15, 0.2) is 63.7 Å². The van der Waals surface area contributed by atoms with Crippen LogP contribution in [0.3, 0.4) is 0 Å². The predicted molar refractivity (Wildman–Crippen MR) is 161 cm³/mol. The Morgan fingerprint density at radius 3 is 2.26 bits per heavy atom. The van der Waals surface area contributed by atoms with Gasteiger partial charge in [-0.25, -0.2) is 13.2 Å². The first-order valence-electron chi connectivity index (χ1n) is 12.8. The number of ether oxygens (including phenoxy) is 3. The van der Waals surface area contributed by atoms with Crippen LogP contribution in [-0.2, 0) is 22.4 Å². The second kappa shape index (κ2) is 18.5. The lowest BCUT2D eigenvalue weighted by Gasteiger charge is -2.12. The number of halogens is 5. The molecule has 0 saturated heterocycles. The van der Waals surface area contributed by atoms with Gasteiger partial charge in [-0.3, -0.25) is 0 Å². The van der Waals surface area contributed by atoms with E-state index in [2.05, 4.69) is 31.9 Å². The first-order chi connectivity index (χ1) is 20.2. The van der Waals surface area contributed by atoms with E-state index in [4.69, 9.17) is 34.7 Å². The number of nitrogens with two attached hydrogens (primary N) is 1. The SMILES string of the molecule is CCOC(CBr)OCC.N#Cc1c(F)ccc2occc12.NCc1c(F)ccc2c1CCO2.Oc1ccc(F)c(Br)c1. The second-order valence-electron chi connectivity index (χ2n) is 8.26. The highest BCUT2D eigenvalue weighted by atomic mass is 79.9. The first-order valence-corrected chi connectivity index (χ1v) is 14.7. The maximum atomic E-state index is 13.1. The fraction of sp³-hybridized carbons (Fsp3) is 0.300. The minimum absolute atomic E-state index is 0.0428. The predicted octanol–water partition coefficient (Wildman–Crippen LogP) is 7.74. The zero-order chi connectivity index (χ0) is 31.1. The molecule has 3 aromatic carbocycles. The standard InChI is InChI=1S/C9H10FNO.C9H4FNO.C6H4BrFO.C6H13BrO2/c2*10-8-1-2-9-6(3-4-12-9)7(8)5-11;7-5-3-4(9)1-2-6(5)8;1-3-8-6(5-7)9-4-2/h1-2H,3-5,11H2;1-4H;1-3,9H;6H,3-5H2,1-2H3. The van der Waals surface area contributed by atoms with Crippen LogP contribution >= 0.6 is 31.9 Å². The minimum atomic E-state index is -0.508. The number of hydrogen-bond acceptors (Lipinski definition) is 7. The van der Waals surface area contributed by atoms with E-state index in [1.807, 2.05) is 13.8 Å². The molecule has 1 aliphatic rings. The summed E-state index contributed by atoms with van der Waals surface area (Å²) in [4.78, 5) is 0. The van der Waals surface area contributed by atoms with E-state index in [1.54, 1.807) is 18.2 Å². The molecule has 2 heterocycles. The third-order valence-electron chi connectivity index (χ3n) is 5.58. The smallest absolute Gasteiger partial charge is 0.167 e. The van der Waals surface area contributed by atoms with Crippen molar-refractivity contribution in [3.63, 3.8) is 0 Å². The van der Waals surface area contributed by atoms with E-state index in [-0.39, 0.29) is 40.3 Å². The van der Waals surface area contributed by atoms with Gasteiger partial charge in [-0.1, -0.05) is 15.9 Å². The second-order valence-corrected chi connectivity index (χ2v) is 9.77. The number of fused-ring (bicyclic) bond motifs is 2. The zero-order valence-corrected chi connectivity index (χ0v) is 26.2. The topological polar surface area (TPSA) is 111 Å². The van der Waals surface area contributed by atoms with Crippen LogP contribution in [-0.4, -0.2) is 36.5 Å². The first kappa shape index (κ1) is 35.1. The fourth-order valence-corrected chi connectivity index (χ4v) is 4.40. The van der Waals surface area contributed by atoms with Crippen molar-refractivity contribution in [1.29, 1.82) is 5.26 Å². The molecule has 0 unspecified atom stereocenters. The molecule has 1 aliphatic heterocycles. The number of phenolic OH excluding ortho intramolecular Hbond substituents is 1. The molecule has 0 spiro atoms. The summed E-state index contributed by atoms with van der Waals surface area (Å²) < 4.78 is 59.3. The summed E-state index contributed by atoms with van der Waals surface area (Å²) in [6.07, 6.45) is 2.14. The molecule has 0 saturated carbocycles. The van der Waals surface area contributed by atoms with Crippen LogP contribution in [0.4, 0.5) is 13.2 Å². The summed E-state index contributed by atoms with van der Waals surface area (Å²) in [6.45, 7) is 6.21. The van der Waals surface area contributed by atoms with Crippen LogP contribution in [0.25, 0.3) is 11.0 Å². The summed E-state index contributed by atoms with van der Waals surface area (Å²) in [5, 5.41) is 18.6. The van der Waals surface area contributed by atoms with Gasteiger partial charge in [0.1, 0.15) is 40.6 Å². The molecule has 0 amide bonds. The number of rotatable bonds is 6.